The van der Waals surface area contributed by atoms with Crippen LogP contribution in [0.3, 0.4) is 0 Å². The smallest absolute Gasteiger partial charge is 0.289 e. The molecule has 3 aliphatic rings. The quantitative estimate of drug-likeness (QED) is 0.783. The molecule has 2 aromatic rings. The number of piperidine rings is 3. The Morgan fingerprint density at radius 2 is 1.90 bits per heavy atom. The zero-order chi connectivity index (χ0) is 20.7. The molecule has 158 valence electrons. The predicted molar refractivity (Wildman–Crippen MR) is 115 cm³/mol. The molecule has 2 bridgehead atoms. The molecular weight excluding hydrogens is 376 g/mol. The summed E-state index contributed by atoms with van der Waals surface area (Å²) in [6, 6.07) is 14.5. The van der Waals surface area contributed by atoms with E-state index in [2.05, 4.69) is 35.2 Å². The summed E-state index contributed by atoms with van der Waals surface area (Å²) in [5.41, 5.74) is 1.21. The fraction of sp³-hybridized carbons (Fsp3) is 0.520. The van der Waals surface area contributed by atoms with Crippen LogP contribution in [0.2, 0.25) is 0 Å². The number of hydrogen-bond donors (Lipinski definition) is 0. The summed E-state index contributed by atoms with van der Waals surface area (Å²) in [4.78, 5) is 29.9. The Morgan fingerprint density at radius 3 is 2.70 bits per heavy atom. The average Bonchev–Trinajstić information content (AvgIpc) is 2.76. The number of fused-ring (bicyclic) bond motifs is 4. The normalized spacial score (nSPS) is 28.8. The SMILES string of the molecule is Cc1cc(=O)cc(C(=O)N2C[C@H]3C[C@@H](C2)[C@H](Cc2ccccc2)N2CCCC[C@@H]32)o1. The molecule has 4 heterocycles. The Balaban J connectivity index is 1.42. The lowest BCUT2D eigenvalue weighted by atomic mass is 9.71. The van der Waals surface area contributed by atoms with Crippen LogP contribution in [-0.2, 0) is 6.42 Å². The van der Waals surface area contributed by atoms with E-state index in [0.29, 0.717) is 29.7 Å². The lowest BCUT2D eigenvalue weighted by Gasteiger charge is -2.56. The highest BCUT2D eigenvalue weighted by atomic mass is 16.3. The van der Waals surface area contributed by atoms with Crippen LogP contribution >= 0.6 is 0 Å². The van der Waals surface area contributed by atoms with Crippen LogP contribution in [0.25, 0.3) is 0 Å². The molecular formula is C25H30N2O3. The van der Waals surface area contributed by atoms with Gasteiger partial charge in [-0.25, -0.2) is 0 Å². The van der Waals surface area contributed by atoms with E-state index in [1.54, 1.807) is 6.92 Å². The number of carbonyl (C=O) groups excluding carboxylic acids is 1. The second-order valence-corrected chi connectivity index (χ2v) is 9.29. The summed E-state index contributed by atoms with van der Waals surface area (Å²) in [6.07, 6.45) is 6.01. The van der Waals surface area contributed by atoms with Crippen LogP contribution in [0.1, 0.15) is 47.6 Å². The van der Waals surface area contributed by atoms with Gasteiger partial charge in [0.2, 0.25) is 0 Å². The summed E-state index contributed by atoms with van der Waals surface area (Å²) >= 11 is 0. The number of rotatable bonds is 3. The van der Waals surface area contributed by atoms with E-state index in [0.717, 1.165) is 19.5 Å². The molecule has 0 spiro atoms. The minimum absolute atomic E-state index is 0.131. The van der Waals surface area contributed by atoms with Crippen molar-refractivity contribution in [2.24, 2.45) is 11.8 Å². The maximum Gasteiger partial charge on any atom is 0.289 e. The number of likely N-dealkylation sites (tertiary alicyclic amines) is 1. The molecule has 0 aliphatic carbocycles. The molecule has 0 radical (unpaired) electrons. The first kappa shape index (κ1) is 19.6. The Bertz CT molecular complexity index is 970. The van der Waals surface area contributed by atoms with Crippen LogP contribution in [0.5, 0.6) is 0 Å². The number of aryl methyl sites for hydroxylation is 1. The molecule has 5 rings (SSSR count). The fourth-order valence-corrected chi connectivity index (χ4v) is 6.07. The number of benzene rings is 1. The highest BCUT2D eigenvalue weighted by molar-refractivity contribution is 5.91. The van der Waals surface area contributed by atoms with Crippen molar-refractivity contribution in [3.05, 3.63) is 69.8 Å². The molecule has 3 fully saturated rings. The molecule has 1 aromatic heterocycles. The standard InChI is InChI=1S/C25H30N2O3/c1-17-11-21(28)14-24(30-17)25(29)26-15-19-13-20(16-26)23(12-18-7-3-2-4-8-18)27-10-6-5-9-22(19)27/h2-4,7-8,11,14,19-20,22-23H,5-6,9-10,12-13,15-16H2,1H3/t19-,20+,22+,23+/m1/s1. The topological polar surface area (TPSA) is 53.8 Å². The summed E-state index contributed by atoms with van der Waals surface area (Å²) in [5.74, 6) is 1.51. The van der Waals surface area contributed by atoms with Gasteiger partial charge in [0, 0.05) is 37.3 Å². The lowest BCUT2D eigenvalue weighted by Crippen LogP contribution is -2.64. The van der Waals surface area contributed by atoms with Crippen LogP contribution < -0.4 is 5.43 Å². The van der Waals surface area contributed by atoms with Gasteiger partial charge in [-0.1, -0.05) is 36.8 Å². The second kappa shape index (κ2) is 8.03. The molecule has 5 nitrogen and oxygen atoms in total. The molecule has 1 amide bonds. The van der Waals surface area contributed by atoms with Crippen molar-refractivity contribution >= 4 is 5.91 Å². The highest BCUT2D eigenvalue weighted by Gasteiger charge is 2.48. The summed E-state index contributed by atoms with van der Waals surface area (Å²) in [5, 5.41) is 0. The van der Waals surface area contributed by atoms with Crippen molar-refractivity contribution in [1.82, 2.24) is 9.80 Å². The number of amides is 1. The maximum absolute atomic E-state index is 13.2. The van der Waals surface area contributed by atoms with Gasteiger partial charge in [-0.05, 0) is 56.6 Å². The van der Waals surface area contributed by atoms with Crippen molar-refractivity contribution in [2.45, 2.75) is 51.1 Å². The van der Waals surface area contributed by atoms with Crippen LogP contribution in [0, 0.1) is 18.8 Å². The van der Waals surface area contributed by atoms with Gasteiger partial charge in [0.05, 0.1) is 0 Å². The van der Waals surface area contributed by atoms with Crippen molar-refractivity contribution in [3.8, 4) is 0 Å². The highest BCUT2D eigenvalue weighted by Crippen LogP contribution is 2.42. The largest absolute Gasteiger partial charge is 0.456 e. The number of nitrogens with zero attached hydrogens (tertiary/aromatic N) is 2. The van der Waals surface area contributed by atoms with Crippen molar-refractivity contribution in [3.63, 3.8) is 0 Å². The van der Waals surface area contributed by atoms with Gasteiger partial charge in [0.1, 0.15) is 5.76 Å². The Morgan fingerprint density at radius 1 is 1.10 bits per heavy atom. The third kappa shape index (κ3) is 3.71. The van der Waals surface area contributed by atoms with Gasteiger partial charge in [-0.3, -0.25) is 14.5 Å². The third-order valence-electron chi connectivity index (χ3n) is 7.30. The number of hydrogen-bond acceptors (Lipinski definition) is 4. The van der Waals surface area contributed by atoms with E-state index in [-0.39, 0.29) is 17.1 Å². The van der Waals surface area contributed by atoms with Gasteiger partial charge in [0.15, 0.2) is 11.2 Å². The molecule has 0 saturated carbocycles. The summed E-state index contributed by atoms with van der Waals surface area (Å²) in [7, 11) is 0. The molecule has 3 aliphatic heterocycles. The van der Waals surface area contributed by atoms with Crippen molar-refractivity contribution < 1.29 is 9.21 Å². The van der Waals surface area contributed by atoms with Crippen molar-refractivity contribution in [1.29, 1.82) is 0 Å². The minimum Gasteiger partial charge on any atom is -0.456 e. The van der Waals surface area contributed by atoms with E-state index >= 15 is 0 Å². The Kier molecular flexibility index (Phi) is 5.23. The van der Waals surface area contributed by atoms with Gasteiger partial charge < -0.3 is 9.32 Å². The Labute approximate surface area is 177 Å². The van der Waals surface area contributed by atoms with Gasteiger partial charge in [-0.2, -0.15) is 0 Å². The van der Waals surface area contributed by atoms with E-state index < -0.39 is 0 Å². The zero-order valence-electron chi connectivity index (χ0n) is 17.6. The van der Waals surface area contributed by atoms with Crippen molar-refractivity contribution in [2.75, 3.05) is 19.6 Å². The first-order valence-corrected chi connectivity index (χ1v) is 11.3. The second-order valence-electron chi connectivity index (χ2n) is 9.29. The first-order valence-electron chi connectivity index (χ1n) is 11.3. The van der Waals surface area contributed by atoms with Gasteiger partial charge in [-0.15, -0.1) is 0 Å². The van der Waals surface area contributed by atoms with Crippen LogP contribution in [0.15, 0.2) is 51.7 Å². The molecule has 3 saturated heterocycles. The molecule has 1 aromatic carbocycles. The molecule has 0 unspecified atom stereocenters. The monoisotopic (exact) mass is 406 g/mol. The average molecular weight is 407 g/mol. The Hall–Kier alpha value is -2.40. The molecule has 5 heteroatoms. The van der Waals surface area contributed by atoms with E-state index in [1.807, 2.05) is 4.90 Å². The van der Waals surface area contributed by atoms with Crippen LogP contribution in [0.4, 0.5) is 0 Å². The van der Waals surface area contributed by atoms with Gasteiger partial charge >= 0.3 is 0 Å². The molecule has 0 N–H and O–H groups in total. The lowest BCUT2D eigenvalue weighted by molar-refractivity contribution is -0.0647. The van der Waals surface area contributed by atoms with E-state index in [9.17, 15) is 9.59 Å². The zero-order valence-corrected chi connectivity index (χ0v) is 17.6. The molecule has 30 heavy (non-hydrogen) atoms. The number of carbonyl (C=O) groups is 1. The third-order valence-corrected chi connectivity index (χ3v) is 7.30. The van der Waals surface area contributed by atoms with E-state index in [1.165, 1.54) is 49.9 Å². The van der Waals surface area contributed by atoms with E-state index in [4.69, 9.17) is 4.42 Å². The molecule has 4 atom stereocenters. The maximum atomic E-state index is 13.2. The minimum atomic E-state index is -0.167. The predicted octanol–water partition coefficient (Wildman–Crippen LogP) is 3.51. The fourth-order valence-electron chi connectivity index (χ4n) is 6.07. The van der Waals surface area contributed by atoms with Gasteiger partial charge in [0.25, 0.3) is 5.91 Å². The first-order chi connectivity index (χ1) is 14.6. The summed E-state index contributed by atoms with van der Waals surface area (Å²) < 4.78 is 5.62. The van der Waals surface area contributed by atoms with Crippen LogP contribution in [-0.4, -0.2) is 47.4 Å². The summed E-state index contributed by atoms with van der Waals surface area (Å²) in [6.45, 7) is 4.41.